The van der Waals surface area contributed by atoms with E-state index in [0.29, 0.717) is 18.7 Å². The van der Waals surface area contributed by atoms with Gasteiger partial charge < -0.3 is 14.6 Å². The summed E-state index contributed by atoms with van der Waals surface area (Å²) < 4.78 is 22.6. The van der Waals surface area contributed by atoms with Gasteiger partial charge in [0.1, 0.15) is 11.6 Å². The summed E-state index contributed by atoms with van der Waals surface area (Å²) in [6, 6.07) is 7.78. The first kappa shape index (κ1) is 14.0. The number of ether oxygens (including phenoxy) is 1. The Balaban J connectivity index is 1.66. The predicted molar refractivity (Wildman–Crippen MR) is 69.8 cm³/mol. The van der Waals surface area contributed by atoms with Crippen molar-refractivity contribution in [2.24, 2.45) is 0 Å². The summed E-state index contributed by atoms with van der Waals surface area (Å²) in [5, 5.41) is 6.32. The van der Waals surface area contributed by atoms with Crippen molar-refractivity contribution >= 4 is 5.91 Å². The second kappa shape index (κ2) is 6.70. The highest BCUT2D eigenvalue weighted by molar-refractivity contribution is 5.77. The molecule has 1 heterocycles. The number of aromatic nitrogens is 1. The van der Waals surface area contributed by atoms with Crippen molar-refractivity contribution in [1.29, 1.82) is 0 Å². The molecule has 1 aromatic carbocycles. The highest BCUT2D eigenvalue weighted by Gasteiger charge is 2.05. The van der Waals surface area contributed by atoms with Crippen LogP contribution in [0.2, 0.25) is 0 Å². The zero-order valence-corrected chi connectivity index (χ0v) is 11.1. The summed E-state index contributed by atoms with van der Waals surface area (Å²) in [7, 11) is 0. The van der Waals surface area contributed by atoms with Gasteiger partial charge in [-0.2, -0.15) is 0 Å². The Bertz CT molecular complexity index is 566. The van der Waals surface area contributed by atoms with E-state index in [0.717, 1.165) is 5.56 Å². The van der Waals surface area contributed by atoms with E-state index in [9.17, 15) is 9.18 Å². The third-order valence-electron chi connectivity index (χ3n) is 2.61. The number of hydrogen-bond donors (Lipinski definition) is 1. The number of aryl methyl sites for hydroxylation is 1. The fourth-order valence-electron chi connectivity index (χ4n) is 1.60. The molecule has 1 N–H and O–H groups in total. The molecular formula is C14H15FN2O3. The number of amides is 1. The van der Waals surface area contributed by atoms with Crippen molar-refractivity contribution in [3.05, 3.63) is 47.5 Å². The molecule has 0 unspecified atom stereocenters. The van der Waals surface area contributed by atoms with E-state index < -0.39 is 0 Å². The van der Waals surface area contributed by atoms with Gasteiger partial charge in [0.05, 0.1) is 0 Å². The molecule has 20 heavy (non-hydrogen) atoms. The van der Waals surface area contributed by atoms with Gasteiger partial charge in [-0.05, 0) is 36.2 Å². The molecule has 0 spiro atoms. The van der Waals surface area contributed by atoms with E-state index in [4.69, 9.17) is 9.26 Å². The van der Waals surface area contributed by atoms with Gasteiger partial charge in [0.25, 0.3) is 11.8 Å². The fraction of sp³-hybridized carbons (Fsp3) is 0.286. The molecule has 0 aliphatic rings. The third kappa shape index (κ3) is 4.38. The van der Waals surface area contributed by atoms with Gasteiger partial charge in [-0.3, -0.25) is 4.79 Å². The van der Waals surface area contributed by atoms with E-state index in [1.165, 1.54) is 12.1 Å². The van der Waals surface area contributed by atoms with Gasteiger partial charge in [0.2, 0.25) is 0 Å². The Labute approximate surface area is 115 Å². The summed E-state index contributed by atoms with van der Waals surface area (Å²) in [6.07, 6.45) is 0.634. The fourth-order valence-corrected chi connectivity index (χ4v) is 1.60. The maximum atomic E-state index is 12.7. The molecule has 0 bridgehead atoms. The SMILES string of the molecule is Cc1cc(OCC(=O)NCCc2ccc(F)cc2)no1. The van der Waals surface area contributed by atoms with E-state index >= 15 is 0 Å². The second-order valence-electron chi connectivity index (χ2n) is 4.29. The van der Waals surface area contributed by atoms with Crippen molar-refractivity contribution in [2.75, 3.05) is 13.2 Å². The van der Waals surface area contributed by atoms with Crippen molar-refractivity contribution in [3.63, 3.8) is 0 Å². The molecule has 2 rings (SSSR count). The first-order valence-corrected chi connectivity index (χ1v) is 6.21. The van der Waals surface area contributed by atoms with Crippen LogP contribution in [0.5, 0.6) is 5.88 Å². The van der Waals surface area contributed by atoms with Crippen molar-refractivity contribution in [2.45, 2.75) is 13.3 Å². The van der Waals surface area contributed by atoms with E-state index in [1.807, 2.05) is 0 Å². The van der Waals surface area contributed by atoms with Gasteiger partial charge in [-0.25, -0.2) is 4.39 Å². The molecule has 106 valence electrons. The topological polar surface area (TPSA) is 64.4 Å². The van der Waals surface area contributed by atoms with Crippen molar-refractivity contribution in [3.8, 4) is 5.88 Å². The molecule has 1 amide bonds. The van der Waals surface area contributed by atoms with Gasteiger partial charge in [-0.15, -0.1) is 0 Å². The highest BCUT2D eigenvalue weighted by atomic mass is 19.1. The average molecular weight is 278 g/mol. The average Bonchev–Trinajstić information content (AvgIpc) is 2.85. The van der Waals surface area contributed by atoms with Crippen LogP contribution >= 0.6 is 0 Å². The second-order valence-corrected chi connectivity index (χ2v) is 4.29. The monoisotopic (exact) mass is 278 g/mol. The molecule has 2 aromatic rings. The maximum absolute atomic E-state index is 12.7. The van der Waals surface area contributed by atoms with E-state index in [-0.39, 0.29) is 24.2 Å². The lowest BCUT2D eigenvalue weighted by Gasteiger charge is -2.05. The standard InChI is InChI=1S/C14H15FN2O3/c1-10-8-14(17-20-10)19-9-13(18)16-7-6-11-2-4-12(15)5-3-11/h2-5,8H,6-7,9H2,1H3,(H,16,18). The zero-order chi connectivity index (χ0) is 14.4. The summed E-state index contributed by atoms with van der Waals surface area (Å²) in [5.41, 5.74) is 0.958. The Morgan fingerprint density at radius 3 is 2.80 bits per heavy atom. The largest absolute Gasteiger partial charge is 0.465 e. The Kier molecular flexibility index (Phi) is 4.70. The molecule has 0 aliphatic heterocycles. The number of carbonyl (C=O) groups is 1. The van der Waals surface area contributed by atoms with Gasteiger partial charge in [0.15, 0.2) is 6.61 Å². The third-order valence-corrected chi connectivity index (χ3v) is 2.61. The van der Waals surface area contributed by atoms with E-state index in [1.54, 1.807) is 25.1 Å². The number of hydrogen-bond acceptors (Lipinski definition) is 4. The van der Waals surface area contributed by atoms with Crippen LogP contribution in [0.1, 0.15) is 11.3 Å². The maximum Gasteiger partial charge on any atom is 0.258 e. The quantitative estimate of drug-likeness (QED) is 0.876. The lowest BCUT2D eigenvalue weighted by molar-refractivity contribution is -0.123. The molecular weight excluding hydrogens is 263 g/mol. The summed E-state index contributed by atoms with van der Waals surface area (Å²) >= 11 is 0. The minimum atomic E-state index is -0.269. The first-order valence-electron chi connectivity index (χ1n) is 6.21. The molecule has 6 heteroatoms. The predicted octanol–water partition coefficient (Wildman–Crippen LogP) is 1.86. The van der Waals surface area contributed by atoms with Gasteiger partial charge in [0, 0.05) is 12.6 Å². The minimum Gasteiger partial charge on any atom is -0.465 e. The Hall–Kier alpha value is -2.37. The van der Waals surface area contributed by atoms with Crippen LogP contribution in [0.15, 0.2) is 34.9 Å². The summed E-state index contributed by atoms with van der Waals surface area (Å²) in [5.74, 6) is 0.398. The summed E-state index contributed by atoms with van der Waals surface area (Å²) in [6.45, 7) is 2.09. The first-order chi connectivity index (χ1) is 9.63. The van der Waals surface area contributed by atoms with Crippen LogP contribution in [0.4, 0.5) is 4.39 Å². The molecule has 0 aliphatic carbocycles. The number of benzene rings is 1. The molecule has 1 aromatic heterocycles. The zero-order valence-electron chi connectivity index (χ0n) is 11.1. The van der Waals surface area contributed by atoms with Gasteiger partial charge >= 0.3 is 0 Å². The van der Waals surface area contributed by atoms with Crippen LogP contribution < -0.4 is 10.1 Å². The number of halogens is 1. The van der Waals surface area contributed by atoms with Crippen LogP contribution in [0.25, 0.3) is 0 Å². The number of nitrogens with zero attached hydrogens (tertiary/aromatic N) is 1. The number of nitrogens with one attached hydrogen (secondary N) is 1. The van der Waals surface area contributed by atoms with E-state index in [2.05, 4.69) is 10.5 Å². The smallest absolute Gasteiger partial charge is 0.258 e. The molecule has 0 fully saturated rings. The number of carbonyl (C=O) groups excluding carboxylic acids is 1. The molecule has 5 nitrogen and oxygen atoms in total. The van der Waals surface area contributed by atoms with Crippen LogP contribution in [0, 0.1) is 12.7 Å². The molecule has 0 atom stereocenters. The lowest BCUT2D eigenvalue weighted by atomic mass is 10.1. The minimum absolute atomic E-state index is 0.116. The molecule has 0 radical (unpaired) electrons. The Morgan fingerprint density at radius 2 is 2.15 bits per heavy atom. The lowest BCUT2D eigenvalue weighted by Crippen LogP contribution is -2.30. The Morgan fingerprint density at radius 1 is 1.40 bits per heavy atom. The molecule has 0 saturated carbocycles. The summed E-state index contributed by atoms with van der Waals surface area (Å²) in [4.78, 5) is 11.5. The van der Waals surface area contributed by atoms with Crippen LogP contribution in [-0.2, 0) is 11.2 Å². The van der Waals surface area contributed by atoms with Crippen molar-refractivity contribution < 1.29 is 18.4 Å². The van der Waals surface area contributed by atoms with Gasteiger partial charge in [-0.1, -0.05) is 12.1 Å². The number of rotatable bonds is 6. The van der Waals surface area contributed by atoms with Crippen LogP contribution in [-0.4, -0.2) is 24.2 Å². The highest BCUT2D eigenvalue weighted by Crippen LogP contribution is 2.09. The van der Waals surface area contributed by atoms with Crippen LogP contribution in [0.3, 0.4) is 0 Å². The van der Waals surface area contributed by atoms with Crippen molar-refractivity contribution in [1.82, 2.24) is 10.5 Å². The molecule has 0 saturated heterocycles. The normalized spacial score (nSPS) is 10.3.